The zero-order valence-corrected chi connectivity index (χ0v) is 18.8. The Morgan fingerprint density at radius 2 is 0.839 bits per heavy atom. The van der Waals surface area contributed by atoms with Crippen LogP contribution in [0.4, 0.5) is 8.78 Å². The van der Waals surface area contributed by atoms with Gasteiger partial charge in [0.2, 0.25) is 0 Å². The largest absolute Gasteiger partial charge is 0.489 e. The van der Waals surface area contributed by atoms with Crippen molar-refractivity contribution >= 4 is 0 Å². The van der Waals surface area contributed by atoms with Gasteiger partial charge in [0, 0.05) is 0 Å². The predicted molar refractivity (Wildman–Crippen MR) is 112 cm³/mol. The predicted octanol–water partition coefficient (Wildman–Crippen LogP) is 3.25. The van der Waals surface area contributed by atoms with E-state index in [1.54, 1.807) is 24.3 Å². The molecule has 0 bridgehead atoms. The van der Waals surface area contributed by atoms with Crippen molar-refractivity contribution in [3.63, 3.8) is 0 Å². The van der Waals surface area contributed by atoms with Gasteiger partial charge in [-0.15, -0.1) is 0 Å². The van der Waals surface area contributed by atoms with Crippen LogP contribution in [0.2, 0.25) is 0 Å². The smallest absolute Gasteiger partial charge is 0.357 e. The van der Waals surface area contributed by atoms with Crippen molar-refractivity contribution in [2.75, 3.05) is 0 Å². The van der Waals surface area contributed by atoms with E-state index in [1.807, 2.05) is 24.3 Å². The quantitative estimate of drug-likeness (QED) is 0.327. The first-order chi connectivity index (χ1) is 15.1. The number of ether oxygens (including phenoxy) is 2. The number of hydrogen-bond acceptors (Lipinski definition) is 2. The van der Waals surface area contributed by atoms with E-state index in [0.717, 1.165) is 22.6 Å². The third-order valence-corrected chi connectivity index (χ3v) is 7.17. The van der Waals surface area contributed by atoms with Gasteiger partial charge in [-0.2, -0.15) is 0 Å². The van der Waals surface area contributed by atoms with Crippen LogP contribution in [-0.4, -0.2) is 0 Å². The summed E-state index contributed by atoms with van der Waals surface area (Å²) in [5, 5.41) is 0. The summed E-state index contributed by atoms with van der Waals surface area (Å²) in [6, 6.07) is 28.9. The van der Waals surface area contributed by atoms with E-state index >= 15 is 0 Å². The molecule has 0 radical (unpaired) electrons. The molecule has 0 N–H and O–H groups in total. The first-order valence-corrected chi connectivity index (χ1v) is 11.9. The molecule has 31 heavy (non-hydrogen) atoms. The van der Waals surface area contributed by atoms with Crippen molar-refractivity contribution < 1.29 is 39.5 Å². The lowest BCUT2D eigenvalue weighted by atomic mass is 10.2. The fourth-order valence-corrected chi connectivity index (χ4v) is 4.97. The fraction of sp³-hybridized carbons (Fsp3) is 0.0769. The second kappa shape index (κ2) is 10.4. The lowest BCUT2D eigenvalue weighted by molar-refractivity contribution is -0.597. The topological polar surface area (TPSA) is 18.5 Å². The van der Waals surface area contributed by atoms with Crippen molar-refractivity contribution in [2.45, 2.75) is 13.2 Å². The molecule has 4 rings (SSSR count). The molecule has 0 saturated carbocycles. The van der Waals surface area contributed by atoms with E-state index in [4.69, 9.17) is 9.47 Å². The van der Waals surface area contributed by atoms with Gasteiger partial charge in [-0.3, -0.25) is 0 Å². The molecular weight excluding hydrogens is 509 g/mol. The fourth-order valence-electron chi connectivity index (χ4n) is 2.81. The van der Waals surface area contributed by atoms with E-state index in [2.05, 4.69) is 24.3 Å². The molecule has 4 aromatic rings. The third kappa shape index (κ3) is 6.52. The van der Waals surface area contributed by atoms with Gasteiger partial charge < -0.3 is 9.47 Å². The van der Waals surface area contributed by atoms with Gasteiger partial charge in [0.25, 0.3) is 0 Å². The molecule has 0 atom stereocenters. The first kappa shape index (κ1) is 21.3. The van der Waals surface area contributed by atoms with Gasteiger partial charge in [0.05, 0.1) is 0 Å². The number of benzene rings is 4. The Hall–Kier alpha value is -2.93. The lowest BCUT2D eigenvalue weighted by Crippen LogP contribution is -3.61. The van der Waals surface area contributed by atoms with Gasteiger partial charge in [-0.05, 0) is 83.9 Å². The van der Waals surface area contributed by atoms with Crippen molar-refractivity contribution in [2.24, 2.45) is 0 Å². The summed E-state index contributed by atoms with van der Waals surface area (Å²) in [5.74, 6) is 1.09. The number of rotatable bonds is 8. The Balaban J connectivity index is 1.27. The average molecular weight is 529 g/mol. The standard InChI is InChI=1S/C26H20F2IO2/c27-21-5-1-19(2-6-21)17-30-25-13-9-23(10-14-25)29-24-11-15-26(16-12-24)31-18-20-3-7-22(28)8-4-20/h1-16H,17-18H2/q+1. The zero-order chi connectivity index (χ0) is 21.5. The zero-order valence-electron chi connectivity index (χ0n) is 16.6. The molecule has 4 aromatic carbocycles. The molecule has 0 aliphatic rings. The number of hydrogen-bond donors (Lipinski definition) is 0. The van der Waals surface area contributed by atoms with Crippen molar-refractivity contribution in [3.05, 3.63) is 127 Å². The molecule has 0 amide bonds. The highest BCUT2D eigenvalue weighted by Crippen LogP contribution is 2.13. The highest BCUT2D eigenvalue weighted by Gasteiger charge is 2.15. The maximum absolute atomic E-state index is 13.0. The molecule has 0 aliphatic carbocycles. The minimum absolute atomic E-state index is 0.246. The number of halogens is 3. The Bertz CT molecular complexity index is 1000. The molecule has 0 spiro atoms. The van der Waals surface area contributed by atoms with Crippen LogP contribution in [0.1, 0.15) is 11.1 Å². The molecule has 0 saturated heterocycles. The molecule has 156 valence electrons. The van der Waals surface area contributed by atoms with Crippen LogP contribution in [-0.2, 0) is 13.2 Å². The highest BCUT2D eigenvalue weighted by molar-refractivity contribution is 5.24. The normalized spacial score (nSPS) is 10.6. The average Bonchev–Trinajstić information content (AvgIpc) is 2.80. The summed E-state index contributed by atoms with van der Waals surface area (Å²) in [6.07, 6.45) is 0. The maximum atomic E-state index is 13.0. The maximum Gasteiger partial charge on any atom is 0.357 e. The minimum atomic E-state index is -0.308. The van der Waals surface area contributed by atoms with Gasteiger partial charge >= 0.3 is 21.2 Å². The molecule has 5 heteroatoms. The summed E-state index contributed by atoms with van der Waals surface area (Å²) in [5.41, 5.74) is 1.86. The Morgan fingerprint density at radius 3 is 1.19 bits per heavy atom. The van der Waals surface area contributed by atoms with E-state index in [1.165, 1.54) is 31.4 Å². The van der Waals surface area contributed by atoms with Gasteiger partial charge in [-0.25, -0.2) is 8.78 Å². The second-order valence-electron chi connectivity index (χ2n) is 6.83. The van der Waals surface area contributed by atoms with Gasteiger partial charge in [0.15, 0.2) is 7.14 Å². The van der Waals surface area contributed by atoms with Gasteiger partial charge in [0.1, 0.15) is 36.3 Å². The molecule has 0 unspecified atom stereocenters. The molecular formula is C26H20F2IO2+. The van der Waals surface area contributed by atoms with E-state index in [-0.39, 0.29) is 32.8 Å². The van der Waals surface area contributed by atoms with Crippen LogP contribution >= 0.6 is 0 Å². The van der Waals surface area contributed by atoms with Crippen LogP contribution in [0.3, 0.4) is 0 Å². The second-order valence-corrected chi connectivity index (χ2v) is 9.86. The van der Waals surface area contributed by atoms with Crippen LogP contribution < -0.4 is 30.7 Å². The van der Waals surface area contributed by atoms with E-state index in [0.29, 0.717) is 13.2 Å². The Labute approximate surface area is 190 Å². The Morgan fingerprint density at radius 1 is 0.484 bits per heavy atom. The molecule has 0 heterocycles. The summed E-state index contributed by atoms with van der Waals surface area (Å²) >= 11 is -0.308. The summed E-state index contributed by atoms with van der Waals surface area (Å²) < 4.78 is 40.0. The van der Waals surface area contributed by atoms with Crippen LogP contribution in [0.25, 0.3) is 0 Å². The summed E-state index contributed by atoms with van der Waals surface area (Å²) in [4.78, 5) is 0. The molecule has 2 nitrogen and oxygen atoms in total. The highest BCUT2D eigenvalue weighted by atomic mass is 127. The Kier molecular flexibility index (Phi) is 7.14. The monoisotopic (exact) mass is 529 g/mol. The first-order valence-electron chi connectivity index (χ1n) is 9.73. The third-order valence-electron chi connectivity index (χ3n) is 4.48. The van der Waals surface area contributed by atoms with Crippen molar-refractivity contribution in [3.8, 4) is 11.5 Å². The van der Waals surface area contributed by atoms with Crippen LogP contribution in [0.15, 0.2) is 97.1 Å². The molecule has 0 fully saturated rings. The van der Waals surface area contributed by atoms with E-state index in [9.17, 15) is 8.78 Å². The van der Waals surface area contributed by atoms with E-state index < -0.39 is 0 Å². The SMILES string of the molecule is Fc1ccc(COc2ccc([I+]c3ccc(OCc4ccc(F)cc4)cc3)cc2)cc1. The van der Waals surface area contributed by atoms with Crippen LogP contribution in [0, 0.1) is 18.8 Å². The van der Waals surface area contributed by atoms with Crippen molar-refractivity contribution in [1.82, 2.24) is 0 Å². The minimum Gasteiger partial charge on any atom is -0.489 e. The molecule has 0 aliphatic heterocycles. The van der Waals surface area contributed by atoms with Crippen molar-refractivity contribution in [1.29, 1.82) is 0 Å². The molecule has 0 aromatic heterocycles. The lowest BCUT2D eigenvalue weighted by Gasteiger charge is -2.06. The summed E-state index contributed by atoms with van der Waals surface area (Å²) in [7, 11) is 0. The van der Waals surface area contributed by atoms with Gasteiger partial charge in [-0.1, -0.05) is 24.3 Å². The summed E-state index contributed by atoms with van der Waals surface area (Å²) in [6.45, 7) is 0.822. The van der Waals surface area contributed by atoms with Crippen LogP contribution in [0.5, 0.6) is 11.5 Å².